The predicted molar refractivity (Wildman–Crippen MR) is 104 cm³/mol. The van der Waals surface area contributed by atoms with E-state index in [1.165, 1.54) is 6.07 Å². The summed E-state index contributed by atoms with van der Waals surface area (Å²) in [5.74, 6) is -2.21. The third kappa shape index (κ3) is 5.96. The van der Waals surface area contributed by atoms with Gasteiger partial charge in [0.2, 0.25) is 0 Å². The zero-order valence-corrected chi connectivity index (χ0v) is 16.6. The molecule has 0 saturated carbocycles. The first-order valence-corrected chi connectivity index (χ1v) is 8.87. The Hall–Kier alpha value is -2.55. The van der Waals surface area contributed by atoms with Gasteiger partial charge in [-0.2, -0.15) is 17.6 Å². The van der Waals surface area contributed by atoms with Crippen LogP contribution in [0.15, 0.2) is 35.3 Å². The molecular weight excluding hydrogens is 417 g/mol. The first kappa shape index (κ1) is 22.7. The highest BCUT2D eigenvalue weighted by Crippen LogP contribution is 2.35. The molecule has 1 N–H and O–H groups in total. The fraction of sp³-hybridized carbons (Fsp3) is 0.316. The molecule has 2 aromatic carbocycles. The molecule has 4 nitrogen and oxygen atoms in total. The second-order valence-corrected chi connectivity index (χ2v) is 6.58. The van der Waals surface area contributed by atoms with Gasteiger partial charge in [0.1, 0.15) is 0 Å². The topological polar surface area (TPSA) is 36.9 Å². The Kier molecular flexibility index (Phi) is 7.29. The molecule has 0 aliphatic rings. The SMILES string of the molecule is CCN(C)C=Nc1cc(C)c(Nc2ccc(F)c(OC(F)(F)C(F)F)c2)cc1Cl. The van der Waals surface area contributed by atoms with Crippen molar-refractivity contribution in [3.8, 4) is 5.75 Å². The van der Waals surface area contributed by atoms with Crippen molar-refractivity contribution in [3.05, 3.63) is 46.7 Å². The molecule has 0 fully saturated rings. The number of nitrogens with one attached hydrogen (secondary N) is 1. The van der Waals surface area contributed by atoms with E-state index in [9.17, 15) is 22.0 Å². The van der Waals surface area contributed by atoms with Crippen molar-refractivity contribution in [2.24, 2.45) is 4.99 Å². The van der Waals surface area contributed by atoms with E-state index in [0.29, 0.717) is 22.0 Å². The van der Waals surface area contributed by atoms with E-state index in [0.717, 1.165) is 18.7 Å². The number of alkyl halides is 4. The highest BCUT2D eigenvalue weighted by Gasteiger charge is 2.44. The monoisotopic (exact) mass is 435 g/mol. The average Bonchev–Trinajstić information content (AvgIpc) is 2.65. The number of rotatable bonds is 8. The van der Waals surface area contributed by atoms with Crippen LogP contribution in [0.2, 0.25) is 5.02 Å². The van der Waals surface area contributed by atoms with Crippen LogP contribution in [0.3, 0.4) is 0 Å². The van der Waals surface area contributed by atoms with Gasteiger partial charge in [0.15, 0.2) is 11.6 Å². The van der Waals surface area contributed by atoms with Crippen molar-refractivity contribution in [2.75, 3.05) is 18.9 Å². The van der Waals surface area contributed by atoms with Gasteiger partial charge in [0.25, 0.3) is 0 Å². The summed E-state index contributed by atoms with van der Waals surface area (Å²) in [5.41, 5.74) is 1.88. The molecule has 0 radical (unpaired) electrons. The zero-order valence-electron chi connectivity index (χ0n) is 15.8. The minimum Gasteiger partial charge on any atom is -0.425 e. The third-order valence-electron chi connectivity index (χ3n) is 3.90. The molecule has 2 aromatic rings. The summed E-state index contributed by atoms with van der Waals surface area (Å²) in [6.45, 7) is 4.48. The Morgan fingerprint density at radius 1 is 1.28 bits per heavy atom. The minimum absolute atomic E-state index is 0.146. The van der Waals surface area contributed by atoms with Crippen LogP contribution in [-0.4, -0.2) is 37.4 Å². The first-order valence-electron chi connectivity index (χ1n) is 8.49. The molecule has 0 bridgehead atoms. The van der Waals surface area contributed by atoms with Crippen molar-refractivity contribution in [1.82, 2.24) is 4.90 Å². The van der Waals surface area contributed by atoms with Crippen molar-refractivity contribution in [3.63, 3.8) is 0 Å². The lowest BCUT2D eigenvalue weighted by atomic mass is 10.1. The highest BCUT2D eigenvalue weighted by atomic mass is 35.5. The molecule has 0 spiro atoms. The fourth-order valence-corrected chi connectivity index (χ4v) is 2.36. The lowest BCUT2D eigenvalue weighted by Crippen LogP contribution is -2.33. The van der Waals surface area contributed by atoms with Crippen LogP contribution in [0.1, 0.15) is 12.5 Å². The van der Waals surface area contributed by atoms with Crippen LogP contribution in [-0.2, 0) is 0 Å². The van der Waals surface area contributed by atoms with Crippen molar-refractivity contribution >= 4 is 35.0 Å². The summed E-state index contributed by atoms with van der Waals surface area (Å²) < 4.78 is 68.4. The van der Waals surface area contributed by atoms with Crippen molar-refractivity contribution in [1.29, 1.82) is 0 Å². The molecule has 0 atom stereocenters. The lowest BCUT2D eigenvalue weighted by Gasteiger charge is -2.18. The quantitative estimate of drug-likeness (QED) is 0.297. The predicted octanol–water partition coefficient (Wildman–Crippen LogP) is 6.38. The van der Waals surface area contributed by atoms with Gasteiger partial charge in [-0.25, -0.2) is 9.38 Å². The van der Waals surface area contributed by atoms with E-state index in [-0.39, 0.29) is 5.69 Å². The van der Waals surface area contributed by atoms with Crippen molar-refractivity contribution < 1.29 is 26.7 Å². The molecule has 0 heterocycles. The minimum atomic E-state index is -4.82. The summed E-state index contributed by atoms with van der Waals surface area (Å²) >= 11 is 6.23. The van der Waals surface area contributed by atoms with Crippen LogP contribution >= 0.6 is 11.6 Å². The Labute approximate surface area is 169 Å². The molecule has 158 valence electrons. The van der Waals surface area contributed by atoms with Crippen LogP contribution < -0.4 is 10.1 Å². The summed E-state index contributed by atoms with van der Waals surface area (Å²) in [6, 6.07) is 6.21. The first-order chi connectivity index (χ1) is 13.5. The summed E-state index contributed by atoms with van der Waals surface area (Å²) in [5, 5.41) is 3.19. The highest BCUT2D eigenvalue weighted by molar-refractivity contribution is 6.33. The average molecular weight is 436 g/mol. The van der Waals surface area contributed by atoms with Crippen LogP contribution in [0, 0.1) is 12.7 Å². The van der Waals surface area contributed by atoms with Gasteiger partial charge < -0.3 is 15.0 Å². The molecule has 0 aromatic heterocycles. The maximum Gasteiger partial charge on any atom is 0.461 e. The largest absolute Gasteiger partial charge is 0.461 e. The fourth-order valence-electron chi connectivity index (χ4n) is 2.15. The second kappa shape index (κ2) is 9.30. The van der Waals surface area contributed by atoms with Gasteiger partial charge in [-0.1, -0.05) is 11.6 Å². The smallest absolute Gasteiger partial charge is 0.425 e. The Morgan fingerprint density at radius 2 is 1.97 bits per heavy atom. The van der Waals surface area contributed by atoms with E-state index in [4.69, 9.17) is 11.6 Å². The number of hydrogen-bond acceptors (Lipinski definition) is 3. The van der Waals surface area contributed by atoms with Crippen LogP contribution in [0.25, 0.3) is 0 Å². The lowest BCUT2D eigenvalue weighted by molar-refractivity contribution is -0.254. The Morgan fingerprint density at radius 3 is 2.59 bits per heavy atom. The maximum atomic E-state index is 13.7. The zero-order chi connectivity index (χ0) is 21.8. The standard InChI is InChI=1S/C19H19ClF5N3O/c1-4-28(3)10-26-16-7-11(2)15(9-13(16)20)27-12-5-6-14(21)17(8-12)29-19(24,25)18(22)23/h5-10,18,27H,4H2,1-3H3. The van der Waals surface area contributed by atoms with E-state index in [2.05, 4.69) is 15.0 Å². The third-order valence-corrected chi connectivity index (χ3v) is 4.20. The number of aryl methyl sites for hydroxylation is 1. The van der Waals surface area contributed by atoms with Gasteiger partial charge in [-0.15, -0.1) is 0 Å². The van der Waals surface area contributed by atoms with E-state index < -0.39 is 24.1 Å². The summed E-state index contributed by atoms with van der Waals surface area (Å²) in [4.78, 5) is 6.14. The molecule has 29 heavy (non-hydrogen) atoms. The van der Waals surface area contributed by atoms with Gasteiger partial charge >= 0.3 is 12.5 Å². The number of nitrogens with zero attached hydrogens (tertiary/aromatic N) is 2. The molecule has 0 unspecified atom stereocenters. The van der Waals surface area contributed by atoms with Gasteiger partial charge in [-0.05, 0) is 43.7 Å². The van der Waals surface area contributed by atoms with Crippen LogP contribution in [0.4, 0.5) is 39.0 Å². The molecule has 0 amide bonds. The van der Waals surface area contributed by atoms with Gasteiger partial charge in [0, 0.05) is 31.0 Å². The van der Waals surface area contributed by atoms with E-state index in [1.807, 2.05) is 18.9 Å². The Balaban J connectivity index is 2.27. The molecule has 10 heteroatoms. The summed E-state index contributed by atoms with van der Waals surface area (Å²) in [7, 11) is 1.85. The number of aliphatic imine (C=N–C) groups is 1. The normalized spacial score (nSPS) is 11.9. The van der Waals surface area contributed by atoms with Crippen molar-refractivity contribution in [2.45, 2.75) is 26.4 Å². The van der Waals surface area contributed by atoms with Crippen LogP contribution in [0.5, 0.6) is 5.75 Å². The number of halogens is 6. The molecular formula is C19H19ClF5N3O. The number of benzene rings is 2. The maximum absolute atomic E-state index is 13.7. The van der Waals surface area contributed by atoms with E-state index in [1.54, 1.807) is 25.4 Å². The van der Waals surface area contributed by atoms with Gasteiger partial charge in [-0.3, -0.25) is 0 Å². The number of ether oxygens (including phenoxy) is 1. The number of anilines is 2. The molecule has 0 aliphatic heterocycles. The van der Waals surface area contributed by atoms with E-state index >= 15 is 0 Å². The van der Waals surface area contributed by atoms with Gasteiger partial charge in [0.05, 0.1) is 17.0 Å². The second-order valence-electron chi connectivity index (χ2n) is 6.17. The number of hydrogen-bond donors (Lipinski definition) is 1. The molecule has 0 aliphatic carbocycles. The molecule has 2 rings (SSSR count). The molecule has 0 saturated heterocycles. The Bertz CT molecular complexity index is 892. The summed E-state index contributed by atoms with van der Waals surface area (Å²) in [6.07, 6.45) is -7.29.